The van der Waals surface area contributed by atoms with E-state index in [9.17, 15) is 4.79 Å². The fourth-order valence-corrected chi connectivity index (χ4v) is 1.69. The van der Waals surface area contributed by atoms with Crippen LogP contribution >= 0.6 is 0 Å². The van der Waals surface area contributed by atoms with Crippen molar-refractivity contribution < 1.29 is 9.53 Å². The van der Waals surface area contributed by atoms with Crippen LogP contribution < -0.4 is 0 Å². The number of carbonyl (C=O) groups is 1. The number of pyridine rings is 1. The van der Waals surface area contributed by atoms with Gasteiger partial charge in [0.1, 0.15) is 5.69 Å². The van der Waals surface area contributed by atoms with Crippen molar-refractivity contribution >= 4 is 5.97 Å². The molecule has 2 aromatic heterocycles. The number of methoxy groups -OCH3 is 1. The van der Waals surface area contributed by atoms with Crippen LogP contribution in [0.3, 0.4) is 0 Å². The summed E-state index contributed by atoms with van der Waals surface area (Å²) >= 11 is 0. The highest BCUT2D eigenvalue weighted by Crippen LogP contribution is 2.16. The molecule has 0 atom stereocenters. The van der Waals surface area contributed by atoms with Crippen LogP contribution in [0.5, 0.6) is 0 Å². The molecule has 0 fully saturated rings. The first kappa shape index (κ1) is 12.3. The van der Waals surface area contributed by atoms with Crippen LogP contribution in [0.15, 0.2) is 30.9 Å². The lowest BCUT2D eigenvalue weighted by molar-refractivity contribution is 0.0600. The van der Waals surface area contributed by atoms with Crippen molar-refractivity contribution in [2.75, 3.05) is 7.11 Å². The second kappa shape index (κ2) is 5.44. The van der Waals surface area contributed by atoms with Gasteiger partial charge in [-0.15, -0.1) is 0 Å². The first-order valence-corrected chi connectivity index (χ1v) is 5.81. The summed E-state index contributed by atoms with van der Waals surface area (Å²) in [5.74, 6) is -0.369. The first-order valence-electron chi connectivity index (χ1n) is 5.81. The van der Waals surface area contributed by atoms with Crippen LogP contribution in [0.25, 0.3) is 11.4 Å². The molecule has 2 heterocycles. The number of nitrogens with zero attached hydrogens (tertiary/aromatic N) is 3. The SMILES string of the molecule is CCCn1cnc(-c2cc(C(=O)OC)ccn2)c1. The van der Waals surface area contributed by atoms with Crippen LogP contribution in [0.1, 0.15) is 23.7 Å². The standard InChI is InChI=1S/C13H15N3O2/c1-3-6-16-8-12(15-9-16)11-7-10(4-5-14-11)13(17)18-2/h4-5,7-9H,3,6H2,1-2H3. The quantitative estimate of drug-likeness (QED) is 0.774. The van der Waals surface area contributed by atoms with Crippen LogP contribution in [-0.4, -0.2) is 27.6 Å². The maximum Gasteiger partial charge on any atom is 0.337 e. The molecule has 0 spiro atoms. The van der Waals surface area contributed by atoms with Gasteiger partial charge in [0.25, 0.3) is 0 Å². The fraction of sp³-hybridized carbons (Fsp3) is 0.308. The molecule has 18 heavy (non-hydrogen) atoms. The Balaban J connectivity index is 2.29. The van der Waals surface area contributed by atoms with Gasteiger partial charge in [-0.3, -0.25) is 4.98 Å². The van der Waals surface area contributed by atoms with Crippen LogP contribution in [-0.2, 0) is 11.3 Å². The summed E-state index contributed by atoms with van der Waals surface area (Å²) in [5.41, 5.74) is 1.91. The third kappa shape index (κ3) is 2.56. The van der Waals surface area contributed by atoms with Gasteiger partial charge in [0, 0.05) is 18.9 Å². The number of aromatic nitrogens is 3. The average molecular weight is 245 g/mol. The molecule has 0 bridgehead atoms. The number of hydrogen-bond donors (Lipinski definition) is 0. The van der Waals surface area contributed by atoms with E-state index in [1.54, 1.807) is 24.7 Å². The van der Waals surface area contributed by atoms with Gasteiger partial charge in [0.05, 0.1) is 24.7 Å². The van der Waals surface area contributed by atoms with Gasteiger partial charge in [-0.05, 0) is 18.6 Å². The lowest BCUT2D eigenvalue weighted by Crippen LogP contribution is -2.01. The molecule has 0 aliphatic carbocycles. The second-order valence-electron chi connectivity index (χ2n) is 3.92. The van der Waals surface area contributed by atoms with E-state index < -0.39 is 0 Å². The van der Waals surface area contributed by atoms with Crippen molar-refractivity contribution in [1.29, 1.82) is 0 Å². The predicted molar refractivity (Wildman–Crippen MR) is 67.1 cm³/mol. The van der Waals surface area contributed by atoms with Crippen LogP contribution in [0.4, 0.5) is 0 Å². The van der Waals surface area contributed by atoms with Gasteiger partial charge in [-0.1, -0.05) is 6.92 Å². The van der Waals surface area contributed by atoms with E-state index in [1.165, 1.54) is 7.11 Å². The number of ether oxygens (including phenoxy) is 1. The van der Waals surface area contributed by atoms with Crippen molar-refractivity contribution in [2.24, 2.45) is 0 Å². The highest BCUT2D eigenvalue weighted by atomic mass is 16.5. The Labute approximate surface area is 105 Å². The van der Waals surface area contributed by atoms with E-state index in [1.807, 2.05) is 10.8 Å². The van der Waals surface area contributed by atoms with Gasteiger partial charge >= 0.3 is 5.97 Å². The van der Waals surface area contributed by atoms with E-state index >= 15 is 0 Å². The molecular formula is C13H15N3O2. The molecule has 0 saturated heterocycles. The maximum atomic E-state index is 11.4. The molecule has 0 unspecified atom stereocenters. The Morgan fingerprint density at radius 2 is 2.22 bits per heavy atom. The smallest absolute Gasteiger partial charge is 0.337 e. The Hall–Kier alpha value is -2.17. The topological polar surface area (TPSA) is 57.0 Å². The Kier molecular flexibility index (Phi) is 3.72. The number of rotatable bonds is 4. The molecule has 0 aliphatic heterocycles. The molecule has 5 nitrogen and oxygen atoms in total. The number of imidazole rings is 1. The molecule has 0 N–H and O–H groups in total. The summed E-state index contributed by atoms with van der Waals surface area (Å²) < 4.78 is 6.68. The predicted octanol–water partition coefficient (Wildman–Crippen LogP) is 2.14. The van der Waals surface area contributed by atoms with Gasteiger partial charge in [-0.25, -0.2) is 9.78 Å². The van der Waals surface area contributed by atoms with Crippen molar-refractivity contribution in [3.8, 4) is 11.4 Å². The first-order chi connectivity index (χ1) is 8.74. The second-order valence-corrected chi connectivity index (χ2v) is 3.92. The largest absolute Gasteiger partial charge is 0.465 e. The van der Waals surface area contributed by atoms with Crippen molar-refractivity contribution in [1.82, 2.24) is 14.5 Å². The molecule has 0 aliphatic rings. The van der Waals surface area contributed by atoms with Crippen LogP contribution in [0, 0.1) is 0 Å². The molecule has 2 rings (SSSR count). The summed E-state index contributed by atoms with van der Waals surface area (Å²) in [6.45, 7) is 3.03. The van der Waals surface area contributed by atoms with E-state index in [-0.39, 0.29) is 5.97 Å². The number of aryl methyl sites for hydroxylation is 1. The normalized spacial score (nSPS) is 10.3. The van der Waals surface area contributed by atoms with E-state index in [0.717, 1.165) is 18.7 Å². The minimum absolute atomic E-state index is 0.369. The number of carbonyl (C=O) groups excluding carboxylic acids is 1. The van der Waals surface area contributed by atoms with Gasteiger partial charge in [0.2, 0.25) is 0 Å². The minimum atomic E-state index is -0.369. The van der Waals surface area contributed by atoms with Gasteiger partial charge in [0.15, 0.2) is 0 Å². The molecule has 2 aromatic rings. The Morgan fingerprint density at radius 3 is 2.94 bits per heavy atom. The monoisotopic (exact) mass is 245 g/mol. The molecule has 5 heteroatoms. The fourth-order valence-electron chi connectivity index (χ4n) is 1.69. The number of esters is 1. The lowest BCUT2D eigenvalue weighted by atomic mass is 10.2. The summed E-state index contributed by atoms with van der Waals surface area (Å²) in [6, 6.07) is 3.31. The van der Waals surface area contributed by atoms with Crippen molar-refractivity contribution in [3.05, 3.63) is 36.4 Å². The van der Waals surface area contributed by atoms with E-state index in [4.69, 9.17) is 0 Å². The number of hydrogen-bond acceptors (Lipinski definition) is 4. The molecule has 0 saturated carbocycles. The summed E-state index contributed by atoms with van der Waals surface area (Å²) in [6.07, 6.45) is 6.32. The molecule has 0 radical (unpaired) electrons. The van der Waals surface area contributed by atoms with Crippen molar-refractivity contribution in [2.45, 2.75) is 19.9 Å². The average Bonchev–Trinajstić information content (AvgIpc) is 2.87. The Morgan fingerprint density at radius 1 is 1.39 bits per heavy atom. The Bertz CT molecular complexity index is 549. The minimum Gasteiger partial charge on any atom is -0.465 e. The molecule has 94 valence electrons. The zero-order chi connectivity index (χ0) is 13.0. The summed E-state index contributed by atoms with van der Waals surface area (Å²) in [7, 11) is 1.36. The van der Waals surface area contributed by atoms with Gasteiger partial charge in [-0.2, -0.15) is 0 Å². The van der Waals surface area contributed by atoms with Crippen molar-refractivity contribution in [3.63, 3.8) is 0 Å². The maximum absolute atomic E-state index is 11.4. The lowest BCUT2D eigenvalue weighted by Gasteiger charge is -2.00. The third-order valence-corrected chi connectivity index (χ3v) is 2.56. The zero-order valence-corrected chi connectivity index (χ0v) is 10.5. The molecular weight excluding hydrogens is 230 g/mol. The van der Waals surface area contributed by atoms with E-state index in [2.05, 4.69) is 21.6 Å². The highest BCUT2D eigenvalue weighted by molar-refractivity contribution is 5.90. The molecule has 0 amide bonds. The van der Waals surface area contributed by atoms with E-state index in [0.29, 0.717) is 11.3 Å². The molecule has 0 aromatic carbocycles. The summed E-state index contributed by atoms with van der Waals surface area (Å²) in [4.78, 5) is 19.9. The zero-order valence-electron chi connectivity index (χ0n) is 10.5. The third-order valence-electron chi connectivity index (χ3n) is 2.56. The highest BCUT2D eigenvalue weighted by Gasteiger charge is 2.09. The summed E-state index contributed by atoms with van der Waals surface area (Å²) in [5, 5.41) is 0. The van der Waals surface area contributed by atoms with Crippen LogP contribution in [0.2, 0.25) is 0 Å². The van der Waals surface area contributed by atoms with Gasteiger partial charge < -0.3 is 9.30 Å².